The minimum atomic E-state index is 1.08. The molecule has 0 nitrogen and oxygen atoms in total. The fourth-order valence-electron chi connectivity index (χ4n) is 0.167. The first-order valence-corrected chi connectivity index (χ1v) is 3.04. The van der Waals surface area contributed by atoms with Crippen molar-refractivity contribution in [2.24, 2.45) is 5.92 Å². The smallest absolute Gasteiger partial charge is 0.0443 e. The van der Waals surface area contributed by atoms with E-state index in [1.54, 1.807) is 12.2 Å². The third-order valence-corrected chi connectivity index (χ3v) is 1.03. The zero-order valence-electron chi connectivity index (χ0n) is 5.56. The SMILES string of the molecule is C=CC=C.CC1CC1. The maximum absolute atomic E-state index is 3.36. The molecule has 0 unspecified atom stereocenters. The second-order valence-electron chi connectivity index (χ2n) is 2.15. The second kappa shape index (κ2) is 4.63. The van der Waals surface area contributed by atoms with Crippen LogP contribution in [0.2, 0.25) is 0 Å². The summed E-state index contributed by atoms with van der Waals surface area (Å²) in [6.07, 6.45) is 6.25. The lowest BCUT2D eigenvalue weighted by molar-refractivity contribution is 0.983. The molecule has 0 atom stereocenters. The van der Waals surface area contributed by atoms with E-state index in [4.69, 9.17) is 0 Å². The van der Waals surface area contributed by atoms with Gasteiger partial charge in [-0.05, 0) is 5.92 Å². The van der Waals surface area contributed by atoms with Gasteiger partial charge in [0.1, 0.15) is 0 Å². The summed E-state index contributed by atoms with van der Waals surface area (Å²) in [5.41, 5.74) is 0. The largest absolute Gasteiger partial charge is 0.0991 e. The van der Waals surface area contributed by atoms with E-state index in [2.05, 4.69) is 20.1 Å². The fourth-order valence-corrected chi connectivity index (χ4v) is 0.167. The Morgan fingerprint density at radius 1 is 1.25 bits per heavy atom. The molecule has 0 N–H and O–H groups in total. The van der Waals surface area contributed by atoms with E-state index in [9.17, 15) is 0 Å². The Bertz CT molecular complexity index is 62.1. The number of rotatable bonds is 1. The van der Waals surface area contributed by atoms with Crippen LogP contribution in [0.1, 0.15) is 19.8 Å². The van der Waals surface area contributed by atoms with Crippen LogP contribution < -0.4 is 0 Å². The monoisotopic (exact) mass is 110 g/mol. The molecule has 0 radical (unpaired) electrons. The van der Waals surface area contributed by atoms with Crippen molar-refractivity contribution < 1.29 is 0 Å². The summed E-state index contributed by atoms with van der Waals surface area (Å²) in [5, 5.41) is 0. The maximum Gasteiger partial charge on any atom is -0.0443 e. The van der Waals surface area contributed by atoms with Gasteiger partial charge in [-0.25, -0.2) is 0 Å². The summed E-state index contributed by atoms with van der Waals surface area (Å²) < 4.78 is 0. The molecule has 46 valence electrons. The average Bonchev–Trinajstić information content (AvgIpc) is 2.52. The highest BCUT2D eigenvalue weighted by Crippen LogP contribution is 2.26. The summed E-state index contributed by atoms with van der Waals surface area (Å²) in [4.78, 5) is 0. The Morgan fingerprint density at radius 3 is 1.50 bits per heavy atom. The molecule has 1 aliphatic carbocycles. The summed E-state index contributed by atoms with van der Waals surface area (Å²) in [5.74, 6) is 1.08. The van der Waals surface area contributed by atoms with Gasteiger partial charge in [-0.1, -0.05) is 45.1 Å². The lowest BCUT2D eigenvalue weighted by Gasteiger charge is -1.53. The molecule has 1 rings (SSSR count). The molecule has 0 aromatic carbocycles. The van der Waals surface area contributed by atoms with E-state index in [1.807, 2.05) is 0 Å². The zero-order chi connectivity index (χ0) is 6.41. The van der Waals surface area contributed by atoms with Crippen LogP contribution in [-0.2, 0) is 0 Å². The molecule has 0 spiro atoms. The van der Waals surface area contributed by atoms with Gasteiger partial charge in [-0.3, -0.25) is 0 Å². The first-order valence-electron chi connectivity index (χ1n) is 3.04. The molecule has 0 aromatic heterocycles. The van der Waals surface area contributed by atoms with Gasteiger partial charge in [0.2, 0.25) is 0 Å². The van der Waals surface area contributed by atoms with Gasteiger partial charge in [0.05, 0.1) is 0 Å². The molecule has 0 saturated heterocycles. The van der Waals surface area contributed by atoms with E-state index in [1.165, 1.54) is 12.8 Å². The Morgan fingerprint density at radius 2 is 1.50 bits per heavy atom. The normalized spacial score (nSPS) is 15.6. The van der Waals surface area contributed by atoms with Crippen molar-refractivity contribution in [3.8, 4) is 0 Å². The number of hydrogen-bond acceptors (Lipinski definition) is 0. The third kappa shape index (κ3) is 9.08. The Hall–Kier alpha value is -0.520. The molecular weight excluding hydrogens is 96.1 g/mol. The van der Waals surface area contributed by atoms with Gasteiger partial charge in [-0.15, -0.1) is 0 Å². The Kier molecular flexibility index (Phi) is 4.33. The standard InChI is InChI=1S/C4H8.C4H6/c1-4-2-3-4;1-3-4-2/h4H,2-3H2,1H3;3-4H,1-2H2. The van der Waals surface area contributed by atoms with Gasteiger partial charge < -0.3 is 0 Å². The van der Waals surface area contributed by atoms with Crippen LogP contribution >= 0.6 is 0 Å². The molecule has 0 heterocycles. The van der Waals surface area contributed by atoms with Crippen molar-refractivity contribution in [2.45, 2.75) is 19.8 Å². The second-order valence-corrected chi connectivity index (χ2v) is 2.15. The third-order valence-electron chi connectivity index (χ3n) is 1.03. The zero-order valence-corrected chi connectivity index (χ0v) is 5.56. The molecule has 1 fully saturated rings. The minimum Gasteiger partial charge on any atom is -0.0991 e. The molecular formula is C8H14. The van der Waals surface area contributed by atoms with Crippen LogP contribution in [0.15, 0.2) is 25.3 Å². The van der Waals surface area contributed by atoms with Crippen molar-refractivity contribution in [2.75, 3.05) is 0 Å². The van der Waals surface area contributed by atoms with Crippen molar-refractivity contribution in [3.63, 3.8) is 0 Å². The predicted octanol–water partition coefficient (Wildman–Crippen LogP) is 2.77. The van der Waals surface area contributed by atoms with Crippen molar-refractivity contribution in [1.82, 2.24) is 0 Å². The highest BCUT2D eigenvalue weighted by atomic mass is 14.2. The molecule has 0 bridgehead atoms. The Balaban J connectivity index is 0.000000122. The molecule has 8 heavy (non-hydrogen) atoms. The van der Waals surface area contributed by atoms with Crippen molar-refractivity contribution >= 4 is 0 Å². The summed E-state index contributed by atoms with van der Waals surface area (Å²) in [6, 6.07) is 0. The highest BCUT2D eigenvalue weighted by molar-refractivity contribution is 4.88. The maximum atomic E-state index is 3.36. The van der Waals surface area contributed by atoms with Crippen molar-refractivity contribution in [3.05, 3.63) is 25.3 Å². The van der Waals surface area contributed by atoms with Crippen LogP contribution in [0.5, 0.6) is 0 Å². The van der Waals surface area contributed by atoms with Gasteiger partial charge in [0, 0.05) is 0 Å². The van der Waals surface area contributed by atoms with Gasteiger partial charge in [-0.2, -0.15) is 0 Å². The fraction of sp³-hybridized carbons (Fsp3) is 0.500. The summed E-state index contributed by atoms with van der Waals surface area (Å²) in [7, 11) is 0. The van der Waals surface area contributed by atoms with Crippen LogP contribution in [0.25, 0.3) is 0 Å². The first kappa shape index (κ1) is 7.48. The highest BCUT2D eigenvalue weighted by Gasteiger charge is 2.12. The summed E-state index contributed by atoms with van der Waals surface area (Å²) >= 11 is 0. The minimum absolute atomic E-state index is 1.08. The molecule has 0 heteroatoms. The average molecular weight is 110 g/mol. The molecule has 0 aliphatic heterocycles. The molecule has 0 aromatic rings. The lowest BCUT2D eigenvalue weighted by Crippen LogP contribution is -1.42. The Labute approximate surface area is 51.9 Å². The number of hydrogen-bond donors (Lipinski definition) is 0. The molecule has 1 aliphatic rings. The van der Waals surface area contributed by atoms with E-state index in [0.29, 0.717) is 0 Å². The van der Waals surface area contributed by atoms with Gasteiger partial charge in [0.25, 0.3) is 0 Å². The van der Waals surface area contributed by atoms with Gasteiger partial charge in [0.15, 0.2) is 0 Å². The molecule has 1 saturated carbocycles. The predicted molar refractivity (Wildman–Crippen MR) is 38.8 cm³/mol. The van der Waals surface area contributed by atoms with E-state index >= 15 is 0 Å². The lowest BCUT2D eigenvalue weighted by atomic mass is 10.5. The molecule has 0 amide bonds. The van der Waals surface area contributed by atoms with Crippen LogP contribution in [0.3, 0.4) is 0 Å². The topological polar surface area (TPSA) is 0 Å². The number of allylic oxidation sites excluding steroid dienone is 2. The van der Waals surface area contributed by atoms with Crippen LogP contribution in [0.4, 0.5) is 0 Å². The summed E-state index contributed by atoms with van der Waals surface area (Å²) in [6.45, 7) is 9.00. The first-order chi connectivity index (χ1) is 3.81. The van der Waals surface area contributed by atoms with Gasteiger partial charge >= 0.3 is 0 Å². The van der Waals surface area contributed by atoms with E-state index in [0.717, 1.165) is 5.92 Å². The van der Waals surface area contributed by atoms with Crippen molar-refractivity contribution in [1.29, 1.82) is 0 Å². The van der Waals surface area contributed by atoms with E-state index < -0.39 is 0 Å². The van der Waals surface area contributed by atoms with E-state index in [-0.39, 0.29) is 0 Å². The quantitative estimate of drug-likeness (QED) is 0.455. The van der Waals surface area contributed by atoms with Crippen LogP contribution in [-0.4, -0.2) is 0 Å². The van der Waals surface area contributed by atoms with Crippen LogP contribution in [0, 0.1) is 5.92 Å².